The van der Waals surface area contributed by atoms with Crippen molar-refractivity contribution in [3.63, 3.8) is 0 Å². The SMILES string of the molecule is CCN1CCN(C(=O)[C@H]2CCC(=O)N(c3cc(OC)c(OC)c(OC)c3)[C@H]2c2ccc(OC)cc2)CC1. The van der Waals surface area contributed by atoms with Gasteiger partial charge in [0.2, 0.25) is 17.6 Å². The second-order valence-corrected chi connectivity index (χ2v) is 9.27. The number of anilines is 1. The minimum Gasteiger partial charge on any atom is -0.497 e. The number of methoxy groups -OCH3 is 4. The van der Waals surface area contributed by atoms with Crippen molar-refractivity contribution in [1.29, 1.82) is 0 Å². The molecule has 2 aromatic rings. The third kappa shape index (κ3) is 5.32. The van der Waals surface area contributed by atoms with Gasteiger partial charge in [-0.15, -0.1) is 0 Å². The summed E-state index contributed by atoms with van der Waals surface area (Å²) in [7, 11) is 6.24. The number of ether oxygens (including phenoxy) is 4. The molecule has 4 rings (SSSR count). The number of hydrogen-bond donors (Lipinski definition) is 0. The summed E-state index contributed by atoms with van der Waals surface area (Å²) in [5, 5.41) is 0. The zero-order chi connectivity index (χ0) is 26.5. The van der Waals surface area contributed by atoms with Crippen molar-refractivity contribution in [2.75, 3.05) is 66.1 Å². The van der Waals surface area contributed by atoms with Gasteiger partial charge in [-0.05, 0) is 30.7 Å². The van der Waals surface area contributed by atoms with Crippen LogP contribution >= 0.6 is 0 Å². The molecule has 2 saturated heterocycles. The Hall–Kier alpha value is -3.46. The number of amides is 2. The number of piperidine rings is 1. The van der Waals surface area contributed by atoms with E-state index in [1.54, 1.807) is 45.5 Å². The average Bonchev–Trinajstić information content (AvgIpc) is 2.95. The first kappa shape index (κ1) is 26.6. The highest BCUT2D eigenvalue weighted by Crippen LogP contribution is 2.46. The number of carbonyl (C=O) groups excluding carboxylic acids is 2. The zero-order valence-corrected chi connectivity index (χ0v) is 22.4. The maximum absolute atomic E-state index is 14.0. The van der Waals surface area contributed by atoms with Gasteiger partial charge in [0, 0.05) is 44.7 Å². The molecule has 0 aromatic heterocycles. The summed E-state index contributed by atoms with van der Waals surface area (Å²) in [5.41, 5.74) is 1.46. The highest BCUT2D eigenvalue weighted by Gasteiger charge is 2.43. The third-order valence-electron chi connectivity index (χ3n) is 7.43. The number of rotatable bonds is 8. The van der Waals surface area contributed by atoms with Crippen LogP contribution in [0.25, 0.3) is 0 Å². The van der Waals surface area contributed by atoms with E-state index in [0.717, 1.165) is 25.2 Å². The van der Waals surface area contributed by atoms with Crippen LogP contribution in [-0.2, 0) is 9.59 Å². The lowest BCUT2D eigenvalue weighted by Crippen LogP contribution is -2.54. The van der Waals surface area contributed by atoms with Gasteiger partial charge in [0.15, 0.2) is 11.5 Å². The van der Waals surface area contributed by atoms with Crippen molar-refractivity contribution < 1.29 is 28.5 Å². The molecule has 0 aliphatic carbocycles. The molecular weight excluding hydrogens is 474 g/mol. The molecule has 2 aliphatic heterocycles. The van der Waals surface area contributed by atoms with E-state index in [4.69, 9.17) is 18.9 Å². The van der Waals surface area contributed by atoms with Crippen molar-refractivity contribution in [2.24, 2.45) is 5.92 Å². The lowest BCUT2D eigenvalue weighted by atomic mass is 9.82. The average molecular weight is 512 g/mol. The Morgan fingerprint density at radius 2 is 1.51 bits per heavy atom. The van der Waals surface area contributed by atoms with Crippen LogP contribution in [0.1, 0.15) is 31.4 Å². The second kappa shape index (κ2) is 11.7. The summed E-state index contributed by atoms with van der Waals surface area (Å²) >= 11 is 0. The van der Waals surface area contributed by atoms with Gasteiger partial charge in [0.1, 0.15) is 5.75 Å². The first-order valence-corrected chi connectivity index (χ1v) is 12.7. The molecule has 37 heavy (non-hydrogen) atoms. The lowest BCUT2D eigenvalue weighted by Gasteiger charge is -2.44. The fraction of sp³-hybridized carbons (Fsp3) is 0.500. The molecule has 0 N–H and O–H groups in total. The van der Waals surface area contributed by atoms with Crippen molar-refractivity contribution >= 4 is 17.5 Å². The van der Waals surface area contributed by atoms with Gasteiger partial charge in [-0.2, -0.15) is 0 Å². The van der Waals surface area contributed by atoms with Gasteiger partial charge in [0.25, 0.3) is 0 Å². The van der Waals surface area contributed by atoms with Crippen LogP contribution in [0.15, 0.2) is 36.4 Å². The summed E-state index contributed by atoms with van der Waals surface area (Å²) < 4.78 is 22.0. The fourth-order valence-corrected chi connectivity index (χ4v) is 5.36. The first-order valence-electron chi connectivity index (χ1n) is 12.7. The standard InChI is InChI=1S/C28H37N3O6/c1-6-29-13-15-30(16-14-29)28(33)22-11-12-25(32)31(26(22)19-7-9-21(34-2)10-8-19)20-17-23(35-3)27(37-5)24(18-20)36-4/h7-10,17-18,22,26H,6,11-16H2,1-5H3/t22-,26-/m0/s1. The Bertz CT molecular complexity index is 1070. The van der Waals surface area contributed by atoms with Crippen molar-refractivity contribution in [1.82, 2.24) is 9.80 Å². The van der Waals surface area contributed by atoms with Gasteiger partial charge in [-0.25, -0.2) is 0 Å². The van der Waals surface area contributed by atoms with E-state index in [1.807, 2.05) is 29.2 Å². The number of hydrogen-bond acceptors (Lipinski definition) is 7. The van der Waals surface area contributed by atoms with Gasteiger partial charge < -0.3 is 33.6 Å². The molecule has 0 bridgehead atoms. The lowest BCUT2D eigenvalue weighted by molar-refractivity contribution is -0.140. The zero-order valence-electron chi connectivity index (χ0n) is 22.4. The molecule has 2 atom stereocenters. The van der Waals surface area contributed by atoms with Crippen LogP contribution in [0.5, 0.6) is 23.0 Å². The molecule has 9 nitrogen and oxygen atoms in total. The largest absolute Gasteiger partial charge is 0.497 e. The van der Waals surface area contributed by atoms with Crippen LogP contribution in [0.4, 0.5) is 5.69 Å². The van der Waals surface area contributed by atoms with Gasteiger partial charge in [-0.1, -0.05) is 19.1 Å². The molecule has 2 aromatic carbocycles. The number of benzene rings is 2. The van der Waals surface area contributed by atoms with E-state index >= 15 is 0 Å². The quantitative estimate of drug-likeness (QED) is 0.538. The van der Waals surface area contributed by atoms with E-state index in [9.17, 15) is 9.59 Å². The summed E-state index contributed by atoms with van der Waals surface area (Å²) in [6, 6.07) is 10.6. The van der Waals surface area contributed by atoms with Crippen LogP contribution in [0.2, 0.25) is 0 Å². The predicted molar refractivity (Wildman–Crippen MR) is 141 cm³/mol. The Labute approximate surface area is 218 Å². The molecule has 0 unspecified atom stereocenters. The molecule has 2 heterocycles. The summed E-state index contributed by atoms with van der Waals surface area (Å²) in [6.07, 6.45) is 0.762. The number of likely N-dealkylation sites (N-methyl/N-ethyl adjacent to an activating group) is 1. The van der Waals surface area contributed by atoms with Crippen LogP contribution in [0.3, 0.4) is 0 Å². The first-order chi connectivity index (χ1) is 17.9. The Balaban J connectivity index is 1.78. The molecule has 2 amide bonds. The van der Waals surface area contributed by atoms with E-state index in [-0.39, 0.29) is 18.2 Å². The maximum Gasteiger partial charge on any atom is 0.228 e. The topological polar surface area (TPSA) is 80.8 Å². The van der Waals surface area contributed by atoms with Crippen molar-refractivity contribution in [3.8, 4) is 23.0 Å². The van der Waals surface area contributed by atoms with E-state index in [1.165, 1.54) is 0 Å². The van der Waals surface area contributed by atoms with E-state index in [0.29, 0.717) is 48.2 Å². The molecule has 2 aliphatic rings. The summed E-state index contributed by atoms with van der Waals surface area (Å²) in [4.78, 5) is 33.5. The molecule has 2 fully saturated rings. The molecule has 0 radical (unpaired) electrons. The molecule has 9 heteroatoms. The minimum absolute atomic E-state index is 0.0602. The van der Waals surface area contributed by atoms with Gasteiger partial charge in [-0.3, -0.25) is 9.59 Å². The number of nitrogens with zero attached hydrogens (tertiary/aromatic N) is 3. The maximum atomic E-state index is 14.0. The monoisotopic (exact) mass is 511 g/mol. The van der Waals surface area contributed by atoms with Gasteiger partial charge in [0.05, 0.1) is 46.1 Å². The highest BCUT2D eigenvalue weighted by molar-refractivity contribution is 5.98. The van der Waals surface area contributed by atoms with E-state index in [2.05, 4.69) is 11.8 Å². The molecular formula is C28H37N3O6. The van der Waals surface area contributed by atoms with Crippen LogP contribution in [0, 0.1) is 5.92 Å². The smallest absolute Gasteiger partial charge is 0.228 e. The van der Waals surface area contributed by atoms with Crippen LogP contribution in [-0.4, -0.2) is 82.8 Å². The van der Waals surface area contributed by atoms with Crippen molar-refractivity contribution in [2.45, 2.75) is 25.8 Å². The Kier molecular flexibility index (Phi) is 8.43. The van der Waals surface area contributed by atoms with Crippen LogP contribution < -0.4 is 23.8 Å². The Morgan fingerprint density at radius 3 is 2.03 bits per heavy atom. The van der Waals surface area contributed by atoms with Gasteiger partial charge >= 0.3 is 0 Å². The number of carbonyl (C=O) groups is 2. The van der Waals surface area contributed by atoms with Crippen molar-refractivity contribution in [3.05, 3.63) is 42.0 Å². The normalized spacial score (nSPS) is 20.5. The molecule has 0 spiro atoms. The summed E-state index contributed by atoms with van der Waals surface area (Å²) in [6.45, 7) is 6.21. The predicted octanol–water partition coefficient (Wildman–Crippen LogP) is 3.37. The summed E-state index contributed by atoms with van der Waals surface area (Å²) in [5.74, 6) is 1.68. The second-order valence-electron chi connectivity index (χ2n) is 9.27. The number of piperazine rings is 1. The molecule has 0 saturated carbocycles. The molecule has 200 valence electrons. The van der Waals surface area contributed by atoms with E-state index < -0.39 is 12.0 Å². The third-order valence-corrected chi connectivity index (χ3v) is 7.43. The highest BCUT2D eigenvalue weighted by atomic mass is 16.5. The Morgan fingerprint density at radius 1 is 0.892 bits per heavy atom. The fourth-order valence-electron chi connectivity index (χ4n) is 5.36. The minimum atomic E-state index is -0.494.